The average Bonchev–Trinajstić information content (AvgIpc) is 2.83. The summed E-state index contributed by atoms with van der Waals surface area (Å²) in [6.45, 7) is 0. The smallest absolute Gasteiger partial charge is 0.326 e. The minimum Gasteiger partial charge on any atom is -0.480 e. The molecule has 3 unspecified atom stereocenters. The first kappa shape index (κ1) is 25.4. The van der Waals surface area contributed by atoms with Crippen LogP contribution in [0.3, 0.4) is 0 Å². The molecule has 0 saturated heterocycles. The zero-order valence-electron chi connectivity index (χ0n) is 18.7. The third-order valence-electron chi connectivity index (χ3n) is 5.68. The molecule has 0 spiro atoms. The van der Waals surface area contributed by atoms with Gasteiger partial charge < -0.3 is 21.1 Å². The van der Waals surface area contributed by atoms with E-state index >= 15 is 0 Å². The highest BCUT2D eigenvalue weighted by atomic mass is 31.2. The van der Waals surface area contributed by atoms with Crippen LogP contribution in [0.25, 0.3) is 0 Å². The van der Waals surface area contributed by atoms with Crippen molar-refractivity contribution in [2.75, 3.05) is 0 Å². The fourth-order valence-electron chi connectivity index (χ4n) is 3.76. The number of carbonyl (C=O) groups excluding carboxylic acids is 1. The van der Waals surface area contributed by atoms with E-state index in [1.165, 1.54) is 0 Å². The lowest BCUT2D eigenvalue weighted by molar-refractivity contribution is -0.141. The van der Waals surface area contributed by atoms with E-state index < -0.39 is 36.7 Å². The molecule has 4 atom stereocenters. The molecule has 8 heteroatoms. The van der Waals surface area contributed by atoms with Gasteiger partial charge in [0.2, 0.25) is 13.3 Å². The molecule has 34 heavy (non-hydrogen) atoms. The van der Waals surface area contributed by atoms with Gasteiger partial charge in [-0.2, -0.15) is 0 Å². The molecule has 7 nitrogen and oxygen atoms in total. The molecule has 3 aromatic carbocycles. The molecule has 5 N–H and O–H groups in total. The number of carboxylic acids is 1. The lowest BCUT2D eigenvalue weighted by Crippen LogP contribution is -2.48. The number of carboxylic acid groups (broad SMARTS) is 1. The van der Waals surface area contributed by atoms with E-state index in [9.17, 15) is 24.2 Å². The highest BCUT2D eigenvalue weighted by Gasteiger charge is 2.42. The number of nitrogens with one attached hydrogen (secondary N) is 1. The molecule has 0 aliphatic heterocycles. The first-order valence-electron chi connectivity index (χ1n) is 11.0. The summed E-state index contributed by atoms with van der Waals surface area (Å²) >= 11 is 0. The number of aliphatic carboxylic acids is 1. The quantitative estimate of drug-likeness (QED) is 0.312. The minimum absolute atomic E-state index is 0.0411. The lowest BCUT2D eigenvalue weighted by Gasteiger charge is -2.28. The molecule has 0 bridgehead atoms. The number of carbonyl (C=O) groups is 2. The summed E-state index contributed by atoms with van der Waals surface area (Å²) in [5, 5.41) is 12.2. The summed E-state index contributed by atoms with van der Waals surface area (Å²) in [6.07, 6.45) is 0.117. The summed E-state index contributed by atoms with van der Waals surface area (Å²) in [4.78, 5) is 36.3. The third-order valence-corrected chi connectivity index (χ3v) is 8.12. The fourth-order valence-corrected chi connectivity index (χ4v) is 5.58. The molecule has 0 aromatic heterocycles. The number of rotatable bonds is 11. The Morgan fingerprint density at radius 2 is 1.18 bits per heavy atom. The molecule has 178 valence electrons. The van der Waals surface area contributed by atoms with Gasteiger partial charge in [-0.25, -0.2) is 4.79 Å². The molecule has 0 aliphatic carbocycles. The van der Waals surface area contributed by atoms with Crippen LogP contribution in [-0.4, -0.2) is 39.4 Å². The monoisotopic (exact) mass is 480 g/mol. The van der Waals surface area contributed by atoms with Crippen LogP contribution in [0.5, 0.6) is 0 Å². The van der Waals surface area contributed by atoms with Crippen molar-refractivity contribution in [1.82, 2.24) is 5.32 Å². The van der Waals surface area contributed by atoms with Crippen LogP contribution < -0.4 is 11.1 Å². The Bertz CT molecular complexity index is 1130. The molecular formula is C26H29N2O5P. The largest absolute Gasteiger partial charge is 0.480 e. The van der Waals surface area contributed by atoms with Crippen molar-refractivity contribution >= 4 is 19.2 Å². The van der Waals surface area contributed by atoms with Crippen LogP contribution >= 0.6 is 7.37 Å². The standard InChI is InChI=1S/C26H29N2O5P/c27-24(18-21-14-8-3-9-15-21)34(32,33)23(17-20-12-6-2-7-13-20)25(29)28-22(26(30)31)16-19-10-4-1-5-11-19/h1-15,22-24H,16-18,27H2,(H,28,29)(H,30,31)(H,32,33)/t22-,23?,24?/m0/s1. The average molecular weight is 481 g/mol. The predicted octanol–water partition coefficient (Wildman–Crippen LogP) is 3.21. The second-order valence-corrected chi connectivity index (χ2v) is 10.9. The number of amides is 1. The molecule has 0 radical (unpaired) electrons. The van der Waals surface area contributed by atoms with Gasteiger partial charge in [0.1, 0.15) is 11.7 Å². The summed E-state index contributed by atoms with van der Waals surface area (Å²) in [5.41, 5.74) is 6.96. The Kier molecular flexibility index (Phi) is 8.77. The molecule has 0 fully saturated rings. The number of nitrogens with two attached hydrogens (primary N) is 1. The molecule has 0 heterocycles. The van der Waals surface area contributed by atoms with Crippen LogP contribution in [0.4, 0.5) is 0 Å². The zero-order valence-corrected chi connectivity index (χ0v) is 19.6. The molecule has 3 rings (SSSR count). The maximum atomic E-state index is 13.6. The van der Waals surface area contributed by atoms with Gasteiger partial charge in [-0.1, -0.05) is 91.0 Å². The van der Waals surface area contributed by atoms with E-state index in [0.717, 1.165) is 11.1 Å². The maximum Gasteiger partial charge on any atom is 0.326 e. The van der Waals surface area contributed by atoms with E-state index in [2.05, 4.69) is 5.32 Å². The molecule has 1 amide bonds. The van der Waals surface area contributed by atoms with Crippen molar-refractivity contribution in [1.29, 1.82) is 0 Å². The Balaban J connectivity index is 1.85. The van der Waals surface area contributed by atoms with Crippen LogP contribution in [0.15, 0.2) is 91.0 Å². The highest BCUT2D eigenvalue weighted by molar-refractivity contribution is 7.60. The van der Waals surface area contributed by atoms with Crippen molar-refractivity contribution in [3.63, 3.8) is 0 Å². The fraction of sp³-hybridized carbons (Fsp3) is 0.231. The minimum atomic E-state index is -4.28. The Hall–Kier alpha value is -3.25. The number of benzene rings is 3. The van der Waals surface area contributed by atoms with Crippen molar-refractivity contribution in [2.45, 2.75) is 36.7 Å². The van der Waals surface area contributed by atoms with E-state index in [1.807, 2.05) is 12.1 Å². The second kappa shape index (κ2) is 11.7. The van der Waals surface area contributed by atoms with E-state index in [0.29, 0.717) is 5.56 Å². The normalized spacial score (nSPS) is 15.5. The maximum absolute atomic E-state index is 13.6. The second-order valence-electron chi connectivity index (χ2n) is 8.22. The van der Waals surface area contributed by atoms with Gasteiger partial charge in [0, 0.05) is 6.42 Å². The zero-order chi connectivity index (χ0) is 24.6. The SMILES string of the molecule is NC(Cc1ccccc1)P(=O)(O)C(Cc1ccccc1)C(=O)N[C@@H](Cc1ccccc1)C(=O)O. The van der Waals surface area contributed by atoms with Gasteiger partial charge in [0.15, 0.2) is 0 Å². The molecular weight excluding hydrogens is 451 g/mol. The van der Waals surface area contributed by atoms with Crippen LogP contribution in [0, 0.1) is 0 Å². The Morgan fingerprint density at radius 3 is 1.62 bits per heavy atom. The van der Waals surface area contributed by atoms with Crippen molar-refractivity contribution < 1.29 is 24.2 Å². The van der Waals surface area contributed by atoms with E-state index in [4.69, 9.17) is 5.73 Å². The van der Waals surface area contributed by atoms with Gasteiger partial charge in [-0.3, -0.25) is 9.36 Å². The van der Waals surface area contributed by atoms with Crippen molar-refractivity contribution in [3.05, 3.63) is 108 Å². The van der Waals surface area contributed by atoms with Gasteiger partial charge >= 0.3 is 5.97 Å². The van der Waals surface area contributed by atoms with Crippen LogP contribution in [0.1, 0.15) is 16.7 Å². The summed E-state index contributed by atoms with van der Waals surface area (Å²) in [6, 6.07) is 25.5. The first-order chi connectivity index (χ1) is 16.3. The van der Waals surface area contributed by atoms with Gasteiger partial charge in [-0.15, -0.1) is 0 Å². The Morgan fingerprint density at radius 1 is 0.765 bits per heavy atom. The molecule has 3 aromatic rings. The molecule has 0 aliphatic rings. The lowest BCUT2D eigenvalue weighted by atomic mass is 10.1. The predicted molar refractivity (Wildman–Crippen MR) is 132 cm³/mol. The summed E-state index contributed by atoms with van der Waals surface area (Å²) < 4.78 is 13.6. The summed E-state index contributed by atoms with van der Waals surface area (Å²) in [5.74, 6) is -3.22. The van der Waals surface area contributed by atoms with Gasteiger partial charge in [0.05, 0.1) is 5.78 Å². The number of hydrogen-bond donors (Lipinski definition) is 4. The van der Waals surface area contributed by atoms with Crippen molar-refractivity contribution in [3.8, 4) is 0 Å². The van der Waals surface area contributed by atoms with Gasteiger partial charge in [-0.05, 0) is 29.5 Å². The number of hydrogen-bond acceptors (Lipinski definition) is 4. The molecule has 0 saturated carbocycles. The third kappa shape index (κ3) is 6.87. The van der Waals surface area contributed by atoms with Crippen LogP contribution in [-0.2, 0) is 33.4 Å². The first-order valence-corrected chi connectivity index (χ1v) is 12.8. The van der Waals surface area contributed by atoms with Gasteiger partial charge in [0.25, 0.3) is 0 Å². The summed E-state index contributed by atoms with van der Waals surface area (Å²) in [7, 11) is -4.28. The topological polar surface area (TPSA) is 130 Å². The van der Waals surface area contributed by atoms with Crippen molar-refractivity contribution in [2.24, 2.45) is 5.73 Å². The Labute approximate surface area is 199 Å². The van der Waals surface area contributed by atoms with E-state index in [1.54, 1.807) is 78.9 Å². The highest BCUT2D eigenvalue weighted by Crippen LogP contribution is 2.51. The van der Waals surface area contributed by atoms with Crippen LogP contribution in [0.2, 0.25) is 0 Å². The van der Waals surface area contributed by atoms with E-state index in [-0.39, 0.29) is 19.3 Å².